The molecule has 0 rings (SSSR count). The van der Waals surface area contributed by atoms with Crippen molar-refractivity contribution >= 4 is 21.8 Å². The maximum absolute atomic E-state index is 11.3. The fourth-order valence-corrected chi connectivity index (χ4v) is 2.16. The van der Waals surface area contributed by atoms with Crippen molar-refractivity contribution in [2.75, 3.05) is 11.5 Å². The van der Waals surface area contributed by atoms with E-state index in [0.29, 0.717) is 0 Å². The van der Waals surface area contributed by atoms with E-state index in [2.05, 4.69) is 5.73 Å². The highest BCUT2D eigenvalue weighted by Crippen LogP contribution is 1.96. The molecule has 0 bridgehead atoms. The number of primary amides is 1. The van der Waals surface area contributed by atoms with Gasteiger partial charge in [0.1, 0.15) is 5.75 Å². The largest absolute Gasteiger partial charge is 0.351 e. The molecule has 0 aromatic rings. The average Bonchev–Trinajstić information content (AvgIpc) is 1.98. The molecule has 1 unspecified atom stereocenters. The van der Waals surface area contributed by atoms with Crippen molar-refractivity contribution in [3.05, 3.63) is 0 Å². The van der Waals surface area contributed by atoms with E-state index in [1.54, 1.807) is 12.2 Å². The number of carbonyl (C=O) groups is 2. The smallest absolute Gasteiger partial charge is 0.318 e. The Kier molecular flexibility index (Phi) is 5.23. The fraction of sp³-hybridized carbons (Fsp3) is 0.714. The van der Waals surface area contributed by atoms with Gasteiger partial charge < -0.3 is 11.5 Å². The van der Waals surface area contributed by atoms with E-state index in [9.17, 15) is 18.0 Å². The normalized spacial score (nSPS) is 13.2. The number of rotatable bonds is 5. The highest BCUT2D eigenvalue weighted by Gasteiger charge is 2.17. The molecule has 0 fully saturated rings. The van der Waals surface area contributed by atoms with Crippen LogP contribution in [0.4, 0.5) is 4.79 Å². The Labute approximate surface area is 88.1 Å². The highest BCUT2D eigenvalue weighted by atomic mass is 32.2. The minimum Gasteiger partial charge on any atom is -0.351 e. The number of carbonyl (C=O) groups excluding carboxylic acids is 2. The molecule has 0 heterocycles. The van der Waals surface area contributed by atoms with Crippen LogP contribution in [0.5, 0.6) is 0 Å². The van der Waals surface area contributed by atoms with Gasteiger partial charge in [0.05, 0.1) is 5.75 Å². The first-order chi connectivity index (χ1) is 6.73. The molecule has 0 aliphatic heterocycles. The molecule has 7 nitrogen and oxygen atoms in total. The Hall–Kier alpha value is -1.15. The van der Waals surface area contributed by atoms with Gasteiger partial charge >= 0.3 is 6.03 Å². The monoisotopic (exact) mass is 237 g/mol. The lowest BCUT2D eigenvalue weighted by Gasteiger charge is -2.05. The summed E-state index contributed by atoms with van der Waals surface area (Å²) in [5, 5.41) is 1.68. The van der Waals surface area contributed by atoms with Crippen LogP contribution in [0.3, 0.4) is 0 Å². The molecule has 5 N–H and O–H groups in total. The molecule has 0 saturated heterocycles. The van der Waals surface area contributed by atoms with E-state index in [0.717, 1.165) is 0 Å². The van der Waals surface area contributed by atoms with Gasteiger partial charge in [-0.05, 0) is 13.3 Å². The van der Waals surface area contributed by atoms with Gasteiger partial charge in [0.2, 0.25) is 5.91 Å². The Morgan fingerprint density at radius 1 is 1.40 bits per heavy atom. The summed E-state index contributed by atoms with van der Waals surface area (Å²) in [6.07, 6.45) is 0.270. The lowest BCUT2D eigenvalue weighted by Crippen LogP contribution is -2.39. The van der Waals surface area contributed by atoms with Gasteiger partial charge in [-0.1, -0.05) is 0 Å². The first-order valence-electron chi connectivity index (χ1n) is 4.28. The van der Waals surface area contributed by atoms with E-state index >= 15 is 0 Å². The Bertz CT molecular complexity index is 336. The van der Waals surface area contributed by atoms with E-state index in [1.165, 1.54) is 0 Å². The van der Waals surface area contributed by atoms with Crippen LogP contribution in [0.2, 0.25) is 0 Å². The number of nitrogens with two attached hydrogens (primary N) is 2. The van der Waals surface area contributed by atoms with Gasteiger partial charge in [0.15, 0.2) is 9.84 Å². The van der Waals surface area contributed by atoms with Crippen LogP contribution in [-0.4, -0.2) is 37.9 Å². The van der Waals surface area contributed by atoms with Crippen molar-refractivity contribution in [1.29, 1.82) is 0 Å². The zero-order valence-corrected chi connectivity index (χ0v) is 9.21. The summed E-state index contributed by atoms with van der Waals surface area (Å²) in [5.74, 6) is -1.85. The summed E-state index contributed by atoms with van der Waals surface area (Å²) in [7, 11) is -3.52. The first-order valence-corrected chi connectivity index (χ1v) is 6.10. The molecule has 1 atom stereocenters. The van der Waals surface area contributed by atoms with Gasteiger partial charge in [0.25, 0.3) is 0 Å². The first kappa shape index (κ1) is 13.8. The van der Waals surface area contributed by atoms with Gasteiger partial charge in [-0.25, -0.2) is 13.2 Å². The fourth-order valence-electron chi connectivity index (χ4n) is 0.811. The second-order valence-electron chi connectivity index (χ2n) is 3.27. The predicted octanol–water partition coefficient (Wildman–Crippen LogP) is -1.67. The summed E-state index contributed by atoms with van der Waals surface area (Å²) in [4.78, 5) is 21.1. The third-order valence-electron chi connectivity index (χ3n) is 1.50. The van der Waals surface area contributed by atoms with E-state index < -0.39 is 27.5 Å². The van der Waals surface area contributed by atoms with Gasteiger partial charge in [-0.15, -0.1) is 0 Å². The summed E-state index contributed by atoms with van der Waals surface area (Å²) >= 11 is 0. The molecule has 0 aromatic heterocycles. The minimum atomic E-state index is -3.52. The van der Waals surface area contributed by atoms with E-state index in [1.807, 2.05) is 0 Å². The molecule has 0 aromatic carbocycles. The van der Waals surface area contributed by atoms with Crippen molar-refractivity contribution in [2.24, 2.45) is 11.5 Å². The van der Waals surface area contributed by atoms with E-state index in [4.69, 9.17) is 5.73 Å². The molecule has 0 saturated carbocycles. The Morgan fingerprint density at radius 2 is 1.93 bits per heavy atom. The van der Waals surface area contributed by atoms with Crippen molar-refractivity contribution in [3.8, 4) is 0 Å². The van der Waals surface area contributed by atoms with Gasteiger partial charge in [-0.3, -0.25) is 10.1 Å². The summed E-state index contributed by atoms with van der Waals surface area (Å²) in [6.45, 7) is 1.67. The Morgan fingerprint density at radius 3 is 2.33 bits per heavy atom. The zero-order valence-electron chi connectivity index (χ0n) is 8.39. The lowest BCUT2D eigenvalue weighted by molar-refractivity contribution is -0.117. The zero-order chi connectivity index (χ0) is 12.1. The number of imide groups is 1. The van der Waals surface area contributed by atoms with Crippen molar-refractivity contribution in [1.82, 2.24) is 5.32 Å². The van der Waals surface area contributed by atoms with E-state index in [-0.39, 0.29) is 18.2 Å². The van der Waals surface area contributed by atoms with Crippen LogP contribution in [0, 0.1) is 0 Å². The van der Waals surface area contributed by atoms with Crippen molar-refractivity contribution in [2.45, 2.75) is 19.4 Å². The van der Waals surface area contributed by atoms with Crippen molar-refractivity contribution in [3.63, 3.8) is 0 Å². The standard InChI is InChI=1S/C7H15N3O4S/c1-5(8)2-3-15(13,14)4-6(11)10-7(9)12/h5H,2-4,8H2,1H3,(H3,9,10,11,12). The third kappa shape index (κ3) is 7.89. The molecule has 15 heavy (non-hydrogen) atoms. The maximum atomic E-state index is 11.3. The average molecular weight is 237 g/mol. The van der Waals surface area contributed by atoms with Crippen LogP contribution in [0.1, 0.15) is 13.3 Å². The van der Waals surface area contributed by atoms with Gasteiger partial charge in [0, 0.05) is 6.04 Å². The Balaban J connectivity index is 4.14. The minimum absolute atomic E-state index is 0.184. The molecule has 0 radical (unpaired) electrons. The highest BCUT2D eigenvalue weighted by molar-refractivity contribution is 7.92. The predicted molar refractivity (Wildman–Crippen MR) is 54.6 cm³/mol. The molecule has 8 heteroatoms. The molecular weight excluding hydrogens is 222 g/mol. The SMILES string of the molecule is CC(N)CCS(=O)(=O)CC(=O)NC(N)=O. The molecular formula is C7H15N3O4S. The van der Waals surface area contributed by atoms with Gasteiger partial charge in [-0.2, -0.15) is 0 Å². The molecule has 0 spiro atoms. The number of hydrogen-bond donors (Lipinski definition) is 3. The van der Waals surface area contributed by atoms with Crippen LogP contribution in [0.25, 0.3) is 0 Å². The molecule has 3 amide bonds. The summed E-state index contributed by atoms with van der Waals surface area (Å²) < 4.78 is 22.5. The number of sulfone groups is 1. The second-order valence-corrected chi connectivity index (χ2v) is 5.45. The number of amides is 3. The quantitative estimate of drug-likeness (QED) is 0.526. The second kappa shape index (κ2) is 5.66. The van der Waals surface area contributed by atoms with Crippen LogP contribution >= 0.6 is 0 Å². The van der Waals surface area contributed by atoms with Crippen LogP contribution in [0.15, 0.2) is 0 Å². The number of hydrogen-bond acceptors (Lipinski definition) is 5. The third-order valence-corrected chi connectivity index (χ3v) is 3.06. The lowest BCUT2D eigenvalue weighted by atomic mass is 10.3. The van der Waals surface area contributed by atoms with Crippen LogP contribution in [-0.2, 0) is 14.6 Å². The topological polar surface area (TPSA) is 132 Å². The molecule has 0 aliphatic carbocycles. The molecule has 88 valence electrons. The summed E-state index contributed by atoms with van der Waals surface area (Å²) in [6, 6.07) is -1.32. The van der Waals surface area contributed by atoms with Crippen molar-refractivity contribution < 1.29 is 18.0 Å². The van der Waals surface area contributed by atoms with Crippen LogP contribution < -0.4 is 16.8 Å². The summed E-state index contributed by atoms with van der Waals surface area (Å²) in [5.41, 5.74) is 10.0. The molecule has 0 aliphatic rings. The number of nitrogens with one attached hydrogen (secondary N) is 1. The maximum Gasteiger partial charge on any atom is 0.318 e. The number of urea groups is 1.